The van der Waals surface area contributed by atoms with Crippen molar-refractivity contribution in [3.63, 3.8) is 0 Å². The van der Waals surface area contributed by atoms with E-state index in [-0.39, 0.29) is 11.7 Å². The number of nitrogens with zero attached hydrogens (tertiary/aromatic N) is 1. The van der Waals surface area contributed by atoms with Crippen molar-refractivity contribution in [2.24, 2.45) is 0 Å². The first kappa shape index (κ1) is 19.0. The summed E-state index contributed by atoms with van der Waals surface area (Å²) in [6, 6.07) is 7.88. The number of benzene rings is 2. The summed E-state index contributed by atoms with van der Waals surface area (Å²) in [7, 11) is 0. The maximum atomic E-state index is 13.7. The van der Waals surface area contributed by atoms with Crippen molar-refractivity contribution in [2.45, 2.75) is 27.2 Å². The Labute approximate surface area is 158 Å². The highest BCUT2D eigenvalue weighted by molar-refractivity contribution is 6.08. The van der Waals surface area contributed by atoms with Gasteiger partial charge in [0.05, 0.1) is 25.5 Å². The summed E-state index contributed by atoms with van der Waals surface area (Å²) in [5, 5.41) is 0. The third-order valence-electron chi connectivity index (χ3n) is 4.34. The summed E-state index contributed by atoms with van der Waals surface area (Å²) in [5.74, 6) is 0.847. The van der Waals surface area contributed by atoms with Crippen LogP contribution in [0.15, 0.2) is 30.3 Å². The summed E-state index contributed by atoms with van der Waals surface area (Å²) >= 11 is 0. The van der Waals surface area contributed by atoms with E-state index in [1.54, 1.807) is 23.1 Å². The van der Waals surface area contributed by atoms with Gasteiger partial charge in [0.15, 0.2) is 11.5 Å². The molecule has 0 bridgehead atoms. The molecule has 1 heterocycles. The summed E-state index contributed by atoms with van der Waals surface area (Å²) < 4.78 is 30.7. The van der Waals surface area contributed by atoms with Crippen LogP contribution >= 0.6 is 0 Å². The molecule has 0 aliphatic carbocycles. The number of rotatable bonds is 7. The Morgan fingerprint density at radius 3 is 2.22 bits per heavy atom. The van der Waals surface area contributed by atoms with E-state index < -0.39 is 0 Å². The molecule has 0 aromatic heterocycles. The normalized spacial score (nSPS) is 12.7. The van der Waals surface area contributed by atoms with Crippen molar-refractivity contribution in [1.29, 1.82) is 0 Å². The molecule has 0 fully saturated rings. The van der Waals surface area contributed by atoms with Gasteiger partial charge in [0.25, 0.3) is 5.91 Å². The van der Waals surface area contributed by atoms with Gasteiger partial charge in [-0.25, -0.2) is 4.39 Å². The van der Waals surface area contributed by atoms with Crippen molar-refractivity contribution in [1.82, 2.24) is 0 Å². The van der Waals surface area contributed by atoms with Gasteiger partial charge in [-0.2, -0.15) is 0 Å². The zero-order valence-electron chi connectivity index (χ0n) is 15.9. The number of carbonyl (C=O) groups excluding carboxylic acids is 1. The summed E-state index contributed by atoms with van der Waals surface area (Å²) in [6.45, 7) is 7.43. The fourth-order valence-electron chi connectivity index (χ4n) is 3.23. The minimum atomic E-state index is -0.356. The van der Waals surface area contributed by atoms with Crippen LogP contribution in [0.4, 0.5) is 10.1 Å². The predicted octanol–water partition coefficient (Wildman–Crippen LogP) is 4.22. The largest absolute Gasteiger partial charge is 0.490 e. The molecule has 0 unspecified atom stereocenters. The van der Waals surface area contributed by atoms with Crippen LogP contribution in [0.3, 0.4) is 0 Å². The maximum Gasteiger partial charge on any atom is 0.258 e. The zero-order chi connectivity index (χ0) is 19.4. The van der Waals surface area contributed by atoms with E-state index in [2.05, 4.69) is 0 Å². The Kier molecular flexibility index (Phi) is 5.84. The monoisotopic (exact) mass is 373 g/mol. The molecule has 1 amide bonds. The van der Waals surface area contributed by atoms with Gasteiger partial charge < -0.3 is 19.1 Å². The average Bonchev–Trinajstić information content (AvgIpc) is 3.07. The Bertz CT molecular complexity index is 810. The van der Waals surface area contributed by atoms with Crippen LogP contribution in [0.1, 0.15) is 36.7 Å². The summed E-state index contributed by atoms with van der Waals surface area (Å²) in [5.41, 5.74) is 2.00. The predicted molar refractivity (Wildman–Crippen MR) is 102 cm³/mol. The number of amides is 1. The molecule has 0 atom stereocenters. The third-order valence-corrected chi connectivity index (χ3v) is 4.34. The van der Waals surface area contributed by atoms with Crippen LogP contribution in [0.5, 0.6) is 17.2 Å². The van der Waals surface area contributed by atoms with E-state index in [9.17, 15) is 9.18 Å². The summed E-state index contributed by atoms with van der Waals surface area (Å²) in [4.78, 5) is 14.8. The molecule has 0 N–H and O–H groups in total. The lowest BCUT2D eigenvalue weighted by Gasteiger charge is -2.20. The minimum absolute atomic E-state index is 0.218. The maximum absolute atomic E-state index is 13.7. The minimum Gasteiger partial charge on any atom is -0.490 e. The highest BCUT2D eigenvalue weighted by Gasteiger charge is 2.28. The van der Waals surface area contributed by atoms with Gasteiger partial charge >= 0.3 is 0 Å². The van der Waals surface area contributed by atoms with E-state index >= 15 is 0 Å². The van der Waals surface area contributed by atoms with Gasteiger partial charge in [-0.3, -0.25) is 4.79 Å². The highest BCUT2D eigenvalue weighted by Crippen LogP contribution is 2.40. The number of hydrogen-bond acceptors (Lipinski definition) is 4. The standard InChI is InChI=1S/C21H24FNO4/c1-4-25-18-11-15(12-19(26-5-2)20(18)27-6-3)21(24)23-10-9-14-7-8-16(22)13-17(14)23/h7-8,11-13H,4-6,9-10H2,1-3H3. The number of ether oxygens (including phenoxy) is 3. The molecule has 3 rings (SSSR count). The second-order valence-corrected chi connectivity index (χ2v) is 6.08. The molecule has 27 heavy (non-hydrogen) atoms. The van der Waals surface area contributed by atoms with Crippen molar-refractivity contribution in [3.05, 3.63) is 47.3 Å². The van der Waals surface area contributed by atoms with Crippen LogP contribution in [0, 0.1) is 5.82 Å². The quantitative estimate of drug-likeness (QED) is 0.729. The Hall–Kier alpha value is -2.76. The molecule has 1 aliphatic rings. The fraction of sp³-hybridized carbons (Fsp3) is 0.381. The molecular weight excluding hydrogens is 349 g/mol. The van der Waals surface area contributed by atoms with Gasteiger partial charge in [-0.1, -0.05) is 6.07 Å². The summed E-state index contributed by atoms with van der Waals surface area (Å²) in [6.07, 6.45) is 0.703. The second-order valence-electron chi connectivity index (χ2n) is 6.08. The molecule has 0 saturated heterocycles. The van der Waals surface area contributed by atoms with E-state index in [0.29, 0.717) is 61.3 Å². The van der Waals surface area contributed by atoms with Gasteiger partial charge in [0, 0.05) is 12.1 Å². The van der Waals surface area contributed by atoms with Crippen LogP contribution in [-0.2, 0) is 6.42 Å². The lowest BCUT2D eigenvalue weighted by atomic mass is 10.1. The molecule has 0 spiro atoms. The fourth-order valence-corrected chi connectivity index (χ4v) is 3.23. The Balaban J connectivity index is 2.01. The van der Waals surface area contributed by atoms with E-state index in [1.165, 1.54) is 12.1 Å². The first-order valence-electron chi connectivity index (χ1n) is 9.25. The molecule has 2 aromatic rings. The number of halogens is 1. The number of anilines is 1. The third kappa shape index (κ3) is 3.84. The lowest BCUT2D eigenvalue weighted by molar-refractivity contribution is 0.0988. The molecule has 1 aliphatic heterocycles. The SMILES string of the molecule is CCOc1cc(C(=O)N2CCc3ccc(F)cc32)cc(OCC)c1OCC. The van der Waals surface area contributed by atoms with Crippen molar-refractivity contribution >= 4 is 11.6 Å². The van der Waals surface area contributed by atoms with Crippen LogP contribution < -0.4 is 19.1 Å². The Morgan fingerprint density at radius 2 is 1.63 bits per heavy atom. The van der Waals surface area contributed by atoms with Crippen molar-refractivity contribution < 1.29 is 23.4 Å². The van der Waals surface area contributed by atoms with Gasteiger partial charge in [0.1, 0.15) is 5.82 Å². The van der Waals surface area contributed by atoms with Crippen LogP contribution in [-0.4, -0.2) is 32.3 Å². The smallest absolute Gasteiger partial charge is 0.258 e. The van der Waals surface area contributed by atoms with E-state index in [1.807, 2.05) is 20.8 Å². The molecule has 6 heteroatoms. The van der Waals surface area contributed by atoms with E-state index in [4.69, 9.17) is 14.2 Å². The highest BCUT2D eigenvalue weighted by atomic mass is 19.1. The first-order chi connectivity index (χ1) is 13.1. The van der Waals surface area contributed by atoms with Gasteiger partial charge in [0.2, 0.25) is 5.75 Å². The van der Waals surface area contributed by atoms with E-state index in [0.717, 1.165) is 5.56 Å². The van der Waals surface area contributed by atoms with Crippen LogP contribution in [0.2, 0.25) is 0 Å². The second kappa shape index (κ2) is 8.29. The average molecular weight is 373 g/mol. The number of fused-ring (bicyclic) bond motifs is 1. The van der Waals surface area contributed by atoms with Crippen molar-refractivity contribution in [2.75, 3.05) is 31.3 Å². The molecule has 0 radical (unpaired) electrons. The molecule has 2 aromatic carbocycles. The molecule has 5 nitrogen and oxygen atoms in total. The topological polar surface area (TPSA) is 48.0 Å². The van der Waals surface area contributed by atoms with Gasteiger partial charge in [-0.15, -0.1) is 0 Å². The lowest BCUT2D eigenvalue weighted by Crippen LogP contribution is -2.29. The molecular formula is C21H24FNO4. The van der Waals surface area contributed by atoms with Gasteiger partial charge in [-0.05, 0) is 57.0 Å². The number of carbonyl (C=O) groups is 1. The van der Waals surface area contributed by atoms with Crippen LogP contribution in [0.25, 0.3) is 0 Å². The zero-order valence-corrected chi connectivity index (χ0v) is 15.9. The Morgan fingerprint density at radius 1 is 1.00 bits per heavy atom. The molecule has 0 saturated carbocycles. The number of hydrogen-bond donors (Lipinski definition) is 0. The first-order valence-corrected chi connectivity index (χ1v) is 9.25. The molecule has 144 valence electrons. The van der Waals surface area contributed by atoms with Crippen molar-refractivity contribution in [3.8, 4) is 17.2 Å².